The summed E-state index contributed by atoms with van der Waals surface area (Å²) in [4.78, 5) is 18.4. The molecule has 2 N–H and O–H groups in total. The van der Waals surface area contributed by atoms with Crippen molar-refractivity contribution in [2.75, 3.05) is 0 Å². The number of carbonyl (C=O) groups is 1. The average molecular weight is 217 g/mol. The molecule has 0 aliphatic heterocycles. The second-order valence-corrected chi connectivity index (χ2v) is 3.30. The molecule has 0 unspecified atom stereocenters. The lowest BCUT2D eigenvalue weighted by molar-refractivity contribution is 0.137. The predicted octanol–water partition coefficient (Wildman–Crippen LogP) is 3.46. The van der Waals surface area contributed by atoms with Gasteiger partial charge in [-0.25, -0.2) is 4.79 Å². The molecule has 0 heterocycles. The summed E-state index contributed by atoms with van der Waals surface area (Å²) in [6, 6.07) is 0. The van der Waals surface area contributed by atoms with E-state index >= 15 is 0 Å². The number of rotatable bonds is 8. The zero-order valence-corrected chi connectivity index (χ0v) is 9.37. The summed E-state index contributed by atoms with van der Waals surface area (Å²) in [7, 11) is 0. The van der Waals surface area contributed by atoms with E-state index in [1.807, 2.05) is 6.29 Å². The zero-order valence-electron chi connectivity index (χ0n) is 9.37. The minimum Gasteiger partial charge on any atom is -0.450 e. The van der Waals surface area contributed by atoms with E-state index in [-0.39, 0.29) is 0 Å². The highest BCUT2D eigenvalue weighted by Gasteiger charge is 1.89. The Bertz CT molecular complexity index is 142. The third-order valence-corrected chi connectivity index (χ3v) is 1.88. The maximum absolute atomic E-state index is 9.82. The van der Waals surface area contributed by atoms with Crippen molar-refractivity contribution in [3.63, 3.8) is 0 Å². The second-order valence-electron chi connectivity index (χ2n) is 3.30. The highest BCUT2D eigenvalue weighted by Crippen LogP contribution is 2.07. The first kappa shape index (κ1) is 16.4. The van der Waals surface area contributed by atoms with Crippen LogP contribution in [0.3, 0.4) is 0 Å². The Morgan fingerprint density at radius 2 is 1.40 bits per heavy atom. The van der Waals surface area contributed by atoms with E-state index in [4.69, 9.17) is 15.0 Å². The van der Waals surface area contributed by atoms with E-state index in [0.29, 0.717) is 6.42 Å². The maximum Gasteiger partial charge on any atom is 0.503 e. The fourth-order valence-corrected chi connectivity index (χ4v) is 1.15. The molecule has 89 valence electrons. The lowest BCUT2D eigenvalue weighted by atomic mass is 10.1. The van der Waals surface area contributed by atoms with Crippen LogP contribution >= 0.6 is 0 Å². The van der Waals surface area contributed by atoms with Crippen LogP contribution in [-0.4, -0.2) is 22.7 Å². The van der Waals surface area contributed by atoms with Crippen LogP contribution in [-0.2, 0) is 4.79 Å². The van der Waals surface area contributed by atoms with Crippen molar-refractivity contribution in [3.05, 3.63) is 0 Å². The summed E-state index contributed by atoms with van der Waals surface area (Å²) >= 11 is 0. The molecule has 0 aromatic rings. The van der Waals surface area contributed by atoms with Crippen LogP contribution in [0.1, 0.15) is 58.3 Å². The molecule has 0 rings (SSSR count). The van der Waals surface area contributed by atoms with Gasteiger partial charge in [0.05, 0.1) is 0 Å². The number of carbonyl (C=O) groups excluding carboxylic acids is 1. The van der Waals surface area contributed by atoms with Crippen LogP contribution in [0.4, 0.5) is 4.79 Å². The van der Waals surface area contributed by atoms with Gasteiger partial charge in [0.15, 0.2) is 6.29 Å². The van der Waals surface area contributed by atoms with Gasteiger partial charge in [-0.2, -0.15) is 0 Å². The van der Waals surface area contributed by atoms with Gasteiger partial charge in [-0.1, -0.05) is 45.4 Å². The molecular formula is C11H21O4. The molecule has 0 aromatic heterocycles. The van der Waals surface area contributed by atoms with Crippen LogP contribution in [0.5, 0.6) is 0 Å². The van der Waals surface area contributed by atoms with E-state index in [1.165, 1.54) is 38.5 Å². The van der Waals surface area contributed by atoms with Gasteiger partial charge in [-0.3, -0.25) is 4.79 Å². The fourth-order valence-electron chi connectivity index (χ4n) is 1.15. The quantitative estimate of drug-likeness (QED) is 0.610. The molecule has 0 atom stereocenters. The standard InChI is InChI=1S/C10H19O.CH2O3/c1-2-3-4-5-6-7-8-9-10-11;2-1(3)4/h2-9H2,1H3;(H2,2,3,4). The molecule has 4 heteroatoms. The summed E-state index contributed by atoms with van der Waals surface area (Å²) < 4.78 is 0. The molecule has 0 saturated carbocycles. The molecule has 0 aromatic carbocycles. The Morgan fingerprint density at radius 3 is 1.80 bits per heavy atom. The molecule has 0 amide bonds. The first-order valence-electron chi connectivity index (χ1n) is 5.42. The smallest absolute Gasteiger partial charge is 0.450 e. The van der Waals surface area contributed by atoms with Crippen molar-refractivity contribution in [2.45, 2.75) is 58.3 Å². The van der Waals surface area contributed by atoms with Crippen LogP contribution in [0.2, 0.25) is 0 Å². The first-order valence-corrected chi connectivity index (χ1v) is 5.42. The molecule has 1 radical (unpaired) electrons. The summed E-state index contributed by atoms with van der Waals surface area (Å²) in [6.07, 6.45) is 9.63. The fraction of sp³-hybridized carbons (Fsp3) is 0.818. The molecule has 0 spiro atoms. The van der Waals surface area contributed by atoms with Crippen LogP contribution in [0, 0.1) is 0 Å². The minimum atomic E-state index is -1.83. The summed E-state index contributed by atoms with van der Waals surface area (Å²) in [5.74, 6) is 0. The number of hydrogen-bond donors (Lipinski definition) is 2. The van der Waals surface area contributed by atoms with Crippen molar-refractivity contribution in [2.24, 2.45) is 0 Å². The van der Waals surface area contributed by atoms with E-state index in [1.54, 1.807) is 0 Å². The molecule has 0 bridgehead atoms. The molecule has 0 fully saturated rings. The van der Waals surface area contributed by atoms with Crippen molar-refractivity contribution < 1.29 is 19.8 Å². The topological polar surface area (TPSA) is 74.6 Å². The van der Waals surface area contributed by atoms with E-state index in [9.17, 15) is 4.79 Å². The largest absolute Gasteiger partial charge is 0.503 e. The third kappa shape index (κ3) is 32.2. The lowest BCUT2D eigenvalue weighted by Gasteiger charge is -1.97. The van der Waals surface area contributed by atoms with E-state index in [2.05, 4.69) is 6.92 Å². The minimum absolute atomic E-state index is 0.633. The SMILES string of the molecule is CCCCCCCCC[C]=O.O=C(O)O. The van der Waals surface area contributed by atoms with Gasteiger partial charge in [0, 0.05) is 6.42 Å². The second kappa shape index (κ2) is 15.4. The third-order valence-electron chi connectivity index (χ3n) is 1.88. The zero-order chi connectivity index (χ0) is 11.9. The Kier molecular flexibility index (Phi) is 16.8. The van der Waals surface area contributed by atoms with Gasteiger partial charge in [-0.05, 0) is 6.42 Å². The van der Waals surface area contributed by atoms with Crippen LogP contribution in [0.25, 0.3) is 0 Å². The monoisotopic (exact) mass is 217 g/mol. The molecule has 0 aliphatic rings. The Labute approximate surface area is 91.3 Å². The number of carboxylic acid groups (broad SMARTS) is 2. The maximum atomic E-state index is 9.82. The summed E-state index contributed by atoms with van der Waals surface area (Å²) in [5, 5.41) is 13.9. The molecule has 4 nitrogen and oxygen atoms in total. The predicted molar refractivity (Wildman–Crippen MR) is 59.0 cm³/mol. The van der Waals surface area contributed by atoms with E-state index < -0.39 is 6.16 Å². The Balaban J connectivity index is 0. The summed E-state index contributed by atoms with van der Waals surface area (Å²) in [5.41, 5.74) is 0. The number of hydrogen-bond acceptors (Lipinski definition) is 2. The molecular weight excluding hydrogens is 196 g/mol. The van der Waals surface area contributed by atoms with Crippen molar-refractivity contribution in [1.29, 1.82) is 0 Å². The Hall–Kier alpha value is -1.06. The first-order chi connectivity index (χ1) is 7.15. The van der Waals surface area contributed by atoms with Gasteiger partial charge < -0.3 is 10.2 Å². The summed E-state index contributed by atoms with van der Waals surface area (Å²) in [6.45, 7) is 2.22. The van der Waals surface area contributed by atoms with Crippen LogP contribution < -0.4 is 0 Å². The molecule has 15 heavy (non-hydrogen) atoms. The van der Waals surface area contributed by atoms with Gasteiger partial charge in [0.1, 0.15) is 0 Å². The van der Waals surface area contributed by atoms with Gasteiger partial charge in [0.25, 0.3) is 0 Å². The van der Waals surface area contributed by atoms with Crippen molar-refractivity contribution >= 4 is 12.4 Å². The average Bonchev–Trinajstić information content (AvgIpc) is 2.16. The Morgan fingerprint density at radius 1 is 1.00 bits per heavy atom. The highest BCUT2D eigenvalue weighted by atomic mass is 16.6. The van der Waals surface area contributed by atoms with Crippen molar-refractivity contribution in [3.8, 4) is 0 Å². The van der Waals surface area contributed by atoms with Crippen molar-refractivity contribution in [1.82, 2.24) is 0 Å². The van der Waals surface area contributed by atoms with Gasteiger partial charge >= 0.3 is 6.16 Å². The molecule has 0 aliphatic carbocycles. The van der Waals surface area contributed by atoms with E-state index in [0.717, 1.165) is 6.42 Å². The highest BCUT2D eigenvalue weighted by molar-refractivity contribution is 5.53. The van der Waals surface area contributed by atoms with Gasteiger partial charge in [0.2, 0.25) is 0 Å². The number of unbranched alkanes of at least 4 members (excludes halogenated alkanes) is 7. The lowest BCUT2D eigenvalue weighted by Crippen LogP contribution is -1.81. The van der Waals surface area contributed by atoms with Crippen LogP contribution in [0.15, 0.2) is 0 Å². The van der Waals surface area contributed by atoms with Gasteiger partial charge in [-0.15, -0.1) is 0 Å². The molecule has 0 saturated heterocycles. The normalized spacial score (nSPS) is 8.87.